The quantitative estimate of drug-likeness (QED) is 0.271. The molecule has 6 nitrogen and oxygen atoms in total. The number of ketones is 1. The number of aryl methyl sites for hydroxylation is 1. The SMILES string of the molecule is CCOC(=O)C1CCC(Oc2ccc(C(=O)CCCNC(=O)c3ccc(Cl)cc3)c(C)c2)CC1. The molecule has 0 unspecified atom stereocenters. The van der Waals surface area contributed by atoms with Crippen LogP contribution in [0.15, 0.2) is 42.5 Å². The lowest BCUT2D eigenvalue weighted by Gasteiger charge is -2.28. The molecule has 0 aromatic heterocycles. The number of nitrogens with one attached hydrogen (secondary N) is 1. The Morgan fingerprint density at radius 1 is 1.03 bits per heavy atom. The fourth-order valence-corrected chi connectivity index (χ4v) is 4.31. The second-order valence-corrected chi connectivity index (χ2v) is 9.05. The molecule has 3 rings (SSSR count). The van der Waals surface area contributed by atoms with Crippen LogP contribution in [0.3, 0.4) is 0 Å². The fourth-order valence-electron chi connectivity index (χ4n) is 4.18. The largest absolute Gasteiger partial charge is 0.490 e. The van der Waals surface area contributed by atoms with Gasteiger partial charge in [-0.25, -0.2) is 0 Å². The van der Waals surface area contributed by atoms with Crippen molar-refractivity contribution in [3.05, 3.63) is 64.2 Å². The van der Waals surface area contributed by atoms with E-state index in [1.165, 1.54) is 0 Å². The predicted octanol–water partition coefficient (Wildman–Crippen LogP) is 5.54. The van der Waals surface area contributed by atoms with E-state index in [0.717, 1.165) is 37.0 Å². The number of ether oxygens (including phenoxy) is 2. The van der Waals surface area contributed by atoms with Crippen LogP contribution in [0.2, 0.25) is 5.02 Å². The third-order valence-corrected chi connectivity index (χ3v) is 6.32. The van der Waals surface area contributed by atoms with Gasteiger partial charge in [0.15, 0.2) is 5.78 Å². The van der Waals surface area contributed by atoms with E-state index in [1.807, 2.05) is 32.0 Å². The Morgan fingerprint density at radius 2 is 1.74 bits per heavy atom. The topological polar surface area (TPSA) is 81.7 Å². The molecule has 1 saturated carbocycles. The normalized spacial score (nSPS) is 17.6. The van der Waals surface area contributed by atoms with E-state index in [2.05, 4.69) is 5.32 Å². The average Bonchev–Trinajstić information content (AvgIpc) is 2.82. The highest BCUT2D eigenvalue weighted by Gasteiger charge is 2.28. The molecule has 34 heavy (non-hydrogen) atoms. The first-order chi connectivity index (χ1) is 16.4. The Labute approximate surface area is 206 Å². The van der Waals surface area contributed by atoms with Crippen molar-refractivity contribution in [1.29, 1.82) is 0 Å². The highest BCUT2D eigenvalue weighted by atomic mass is 35.5. The first-order valence-electron chi connectivity index (χ1n) is 11.9. The molecule has 0 bridgehead atoms. The lowest BCUT2D eigenvalue weighted by Crippen LogP contribution is -2.29. The summed E-state index contributed by atoms with van der Waals surface area (Å²) in [6.45, 7) is 4.56. The van der Waals surface area contributed by atoms with E-state index in [1.54, 1.807) is 24.3 Å². The molecule has 182 valence electrons. The number of rotatable bonds is 10. The molecule has 1 aliphatic rings. The van der Waals surface area contributed by atoms with E-state index >= 15 is 0 Å². The van der Waals surface area contributed by atoms with Gasteiger partial charge in [0.1, 0.15) is 5.75 Å². The molecule has 1 fully saturated rings. The predicted molar refractivity (Wildman–Crippen MR) is 132 cm³/mol. The Hall–Kier alpha value is -2.86. The molecule has 1 N–H and O–H groups in total. The van der Waals surface area contributed by atoms with E-state index in [9.17, 15) is 14.4 Å². The van der Waals surface area contributed by atoms with Crippen molar-refractivity contribution in [3.8, 4) is 5.75 Å². The van der Waals surface area contributed by atoms with Gasteiger partial charge in [-0.15, -0.1) is 0 Å². The van der Waals surface area contributed by atoms with Gasteiger partial charge in [-0.2, -0.15) is 0 Å². The maximum Gasteiger partial charge on any atom is 0.308 e. The second kappa shape index (κ2) is 12.6. The molecule has 0 saturated heterocycles. The second-order valence-electron chi connectivity index (χ2n) is 8.61. The maximum absolute atomic E-state index is 12.7. The fraction of sp³-hybridized carbons (Fsp3) is 0.444. The van der Waals surface area contributed by atoms with E-state index in [0.29, 0.717) is 42.1 Å². The number of hydrogen-bond donors (Lipinski definition) is 1. The summed E-state index contributed by atoms with van der Waals surface area (Å²) in [6.07, 6.45) is 4.13. The van der Waals surface area contributed by atoms with Crippen LogP contribution in [0.1, 0.15) is 71.7 Å². The van der Waals surface area contributed by atoms with Gasteiger partial charge in [0, 0.05) is 29.1 Å². The third kappa shape index (κ3) is 7.32. The molecule has 2 aromatic rings. The summed E-state index contributed by atoms with van der Waals surface area (Å²) in [7, 11) is 0. The smallest absolute Gasteiger partial charge is 0.308 e. The number of carbonyl (C=O) groups excluding carboxylic acids is 3. The van der Waals surface area contributed by atoms with Crippen molar-refractivity contribution in [2.24, 2.45) is 5.92 Å². The minimum Gasteiger partial charge on any atom is -0.490 e. The number of amides is 1. The summed E-state index contributed by atoms with van der Waals surface area (Å²) in [5.41, 5.74) is 2.08. The van der Waals surface area contributed by atoms with Crippen LogP contribution in [0.25, 0.3) is 0 Å². The summed E-state index contributed by atoms with van der Waals surface area (Å²) < 4.78 is 11.2. The van der Waals surface area contributed by atoms with Crippen LogP contribution in [0, 0.1) is 12.8 Å². The highest BCUT2D eigenvalue weighted by Crippen LogP contribution is 2.29. The first-order valence-corrected chi connectivity index (χ1v) is 12.3. The van der Waals surface area contributed by atoms with E-state index in [-0.39, 0.29) is 29.7 Å². The van der Waals surface area contributed by atoms with Gasteiger partial charge >= 0.3 is 5.97 Å². The van der Waals surface area contributed by atoms with Gasteiger partial charge in [0.25, 0.3) is 5.91 Å². The van der Waals surface area contributed by atoms with Crippen molar-refractivity contribution >= 4 is 29.3 Å². The first kappa shape index (κ1) is 25.8. The van der Waals surface area contributed by atoms with Crippen LogP contribution in [-0.4, -0.2) is 36.9 Å². The van der Waals surface area contributed by atoms with E-state index in [4.69, 9.17) is 21.1 Å². The zero-order valence-electron chi connectivity index (χ0n) is 19.8. The van der Waals surface area contributed by atoms with Crippen LogP contribution in [0.4, 0.5) is 0 Å². The Morgan fingerprint density at radius 3 is 2.38 bits per heavy atom. The Bertz CT molecular complexity index is 997. The Kier molecular flexibility index (Phi) is 9.52. The van der Waals surface area contributed by atoms with E-state index < -0.39 is 0 Å². The zero-order chi connectivity index (χ0) is 24.5. The molecule has 0 radical (unpaired) electrons. The molecule has 1 aliphatic carbocycles. The summed E-state index contributed by atoms with van der Waals surface area (Å²) in [5.74, 6) is 0.461. The molecule has 2 aromatic carbocycles. The summed E-state index contributed by atoms with van der Waals surface area (Å²) >= 11 is 5.84. The summed E-state index contributed by atoms with van der Waals surface area (Å²) in [5, 5.41) is 3.41. The number of hydrogen-bond acceptors (Lipinski definition) is 5. The number of carbonyl (C=O) groups is 3. The lowest BCUT2D eigenvalue weighted by molar-refractivity contribution is -0.149. The average molecular weight is 486 g/mol. The Balaban J connectivity index is 1.42. The highest BCUT2D eigenvalue weighted by molar-refractivity contribution is 6.30. The molecular weight excluding hydrogens is 454 g/mol. The monoisotopic (exact) mass is 485 g/mol. The van der Waals surface area contributed by atoms with Gasteiger partial charge in [-0.3, -0.25) is 14.4 Å². The van der Waals surface area contributed by atoms with Crippen molar-refractivity contribution < 1.29 is 23.9 Å². The number of Topliss-reactive ketones (excluding diaryl/α,β-unsaturated/α-hetero) is 1. The van der Waals surface area contributed by atoms with Gasteiger partial charge in [0.05, 0.1) is 18.6 Å². The molecule has 0 aliphatic heterocycles. The molecule has 0 spiro atoms. The van der Waals surface area contributed by atoms with Crippen molar-refractivity contribution in [3.63, 3.8) is 0 Å². The molecule has 0 atom stereocenters. The van der Waals surface area contributed by atoms with Gasteiger partial charge < -0.3 is 14.8 Å². The standard InChI is InChI=1S/C27H32ClNO5/c1-3-33-27(32)20-8-12-22(13-9-20)34-23-14-15-24(18(2)17-23)25(30)5-4-16-29-26(31)19-6-10-21(28)11-7-19/h6-7,10-11,14-15,17,20,22H,3-5,8-9,12-13,16H2,1-2H3,(H,29,31). The number of halogens is 1. The third-order valence-electron chi connectivity index (χ3n) is 6.07. The molecule has 0 heterocycles. The van der Waals surface area contributed by atoms with Gasteiger partial charge in [0.2, 0.25) is 0 Å². The molecule has 7 heteroatoms. The number of esters is 1. The van der Waals surface area contributed by atoms with Gasteiger partial charge in [-0.05, 0) is 94.0 Å². The summed E-state index contributed by atoms with van der Waals surface area (Å²) in [4.78, 5) is 36.7. The van der Waals surface area contributed by atoms with Crippen LogP contribution < -0.4 is 10.1 Å². The number of benzene rings is 2. The molecule has 1 amide bonds. The van der Waals surface area contributed by atoms with Crippen molar-refractivity contribution in [2.75, 3.05) is 13.2 Å². The minimum absolute atomic E-state index is 0.0301. The minimum atomic E-state index is -0.182. The zero-order valence-corrected chi connectivity index (χ0v) is 20.5. The van der Waals surface area contributed by atoms with Crippen LogP contribution in [-0.2, 0) is 9.53 Å². The lowest BCUT2D eigenvalue weighted by atomic mass is 9.87. The summed E-state index contributed by atoms with van der Waals surface area (Å²) in [6, 6.07) is 12.2. The molecular formula is C27H32ClNO5. The van der Waals surface area contributed by atoms with Crippen molar-refractivity contribution in [2.45, 2.75) is 58.5 Å². The van der Waals surface area contributed by atoms with Crippen LogP contribution >= 0.6 is 11.6 Å². The van der Waals surface area contributed by atoms with Crippen molar-refractivity contribution in [1.82, 2.24) is 5.32 Å². The van der Waals surface area contributed by atoms with Gasteiger partial charge in [-0.1, -0.05) is 11.6 Å². The maximum atomic E-state index is 12.7. The van der Waals surface area contributed by atoms with Crippen LogP contribution in [0.5, 0.6) is 5.75 Å².